The highest BCUT2D eigenvalue weighted by molar-refractivity contribution is 5.96. The van der Waals surface area contributed by atoms with Crippen molar-refractivity contribution in [3.8, 4) is 0 Å². The van der Waals surface area contributed by atoms with Crippen molar-refractivity contribution >= 4 is 5.84 Å². The summed E-state index contributed by atoms with van der Waals surface area (Å²) in [5, 5.41) is 11.5. The van der Waals surface area contributed by atoms with Gasteiger partial charge in [0.25, 0.3) is 5.56 Å². The van der Waals surface area contributed by atoms with E-state index in [0.717, 1.165) is 5.56 Å². The maximum atomic E-state index is 12.1. The molecule has 6 heteroatoms. The van der Waals surface area contributed by atoms with E-state index in [0.29, 0.717) is 13.0 Å². The van der Waals surface area contributed by atoms with Crippen molar-refractivity contribution < 1.29 is 5.21 Å². The standard InChI is InChI=1S/C13H14N4O2/c14-12(16-19)11-4-2-7-17(13(11)18)8-5-10-3-1-6-15-9-10/h1-4,6-7,9,19H,5,8H2,(H2,14,16). The average Bonchev–Trinajstić information content (AvgIpc) is 2.46. The molecule has 0 atom stereocenters. The van der Waals surface area contributed by atoms with Gasteiger partial charge in [0.2, 0.25) is 0 Å². The lowest BCUT2D eigenvalue weighted by Gasteiger charge is -2.07. The number of hydrogen-bond acceptors (Lipinski definition) is 4. The van der Waals surface area contributed by atoms with Crippen LogP contribution in [-0.2, 0) is 13.0 Å². The Kier molecular flexibility index (Phi) is 3.92. The fourth-order valence-corrected chi connectivity index (χ4v) is 1.76. The summed E-state index contributed by atoms with van der Waals surface area (Å²) in [5.41, 5.74) is 6.41. The molecule has 0 bridgehead atoms. The van der Waals surface area contributed by atoms with Crippen LogP contribution in [0, 0.1) is 0 Å². The largest absolute Gasteiger partial charge is 0.409 e. The molecule has 0 saturated carbocycles. The minimum atomic E-state index is -0.276. The smallest absolute Gasteiger partial charge is 0.261 e. The molecular formula is C13H14N4O2. The van der Waals surface area contributed by atoms with Gasteiger partial charge < -0.3 is 15.5 Å². The van der Waals surface area contributed by atoms with Gasteiger partial charge in [-0.2, -0.15) is 0 Å². The highest BCUT2D eigenvalue weighted by atomic mass is 16.4. The lowest BCUT2D eigenvalue weighted by molar-refractivity contribution is 0.318. The van der Waals surface area contributed by atoms with Gasteiger partial charge in [-0.15, -0.1) is 0 Å². The Morgan fingerprint density at radius 1 is 1.42 bits per heavy atom. The highest BCUT2D eigenvalue weighted by Gasteiger charge is 2.07. The molecule has 0 unspecified atom stereocenters. The van der Waals surface area contributed by atoms with Crippen LogP contribution in [0.15, 0.2) is 52.8 Å². The topological polar surface area (TPSA) is 93.5 Å². The molecule has 2 rings (SSSR count). The second kappa shape index (κ2) is 5.81. The van der Waals surface area contributed by atoms with Gasteiger partial charge >= 0.3 is 0 Å². The van der Waals surface area contributed by atoms with E-state index in [-0.39, 0.29) is 17.0 Å². The van der Waals surface area contributed by atoms with Crippen molar-refractivity contribution in [2.75, 3.05) is 0 Å². The average molecular weight is 258 g/mol. The summed E-state index contributed by atoms with van der Waals surface area (Å²) < 4.78 is 1.53. The number of rotatable bonds is 4. The van der Waals surface area contributed by atoms with Crippen molar-refractivity contribution in [3.05, 3.63) is 64.3 Å². The highest BCUT2D eigenvalue weighted by Crippen LogP contribution is 1.99. The lowest BCUT2D eigenvalue weighted by Crippen LogP contribution is -2.30. The Balaban J connectivity index is 2.20. The van der Waals surface area contributed by atoms with Gasteiger partial charge in [0.05, 0.1) is 5.56 Å². The molecule has 0 saturated heterocycles. The van der Waals surface area contributed by atoms with E-state index in [2.05, 4.69) is 10.1 Å². The molecule has 2 aromatic heterocycles. The van der Waals surface area contributed by atoms with E-state index >= 15 is 0 Å². The molecule has 0 aliphatic rings. The minimum absolute atomic E-state index is 0.180. The van der Waals surface area contributed by atoms with Crippen LogP contribution in [-0.4, -0.2) is 20.6 Å². The maximum absolute atomic E-state index is 12.1. The summed E-state index contributed by atoms with van der Waals surface area (Å²) in [6.07, 6.45) is 5.83. The van der Waals surface area contributed by atoms with Crippen LogP contribution in [0.1, 0.15) is 11.1 Å². The Bertz CT molecular complexity index is 635. The summed E-state index contributed by atoms with van der Waals surface area (Å²) in [6, 6.07) is 7.02. The number of aromatic nitrogens is 2. The maximum Gasteiger partial charge on any atom is 0.261 e. The fraction of sp³-hybridized carbons (Fsp3) is 0.154. The van der Waals surface area contributed by atoms with Gasteiger partial charge in [0.1, 0.15) is 0 Å². The summed E-state index contributed by atoms with van der Waals surface area (Å²) in [6.45, 7) is 0.511. The normalized spacial score (nSPS) is 11.5. The molecule has 0 spiro atoms. The number of hydrogen-bond donors (Lipinski definition) is 2. The number of oxime groups is 1. The van der Waals surface area contributed by atoms with E-state index in [4.69, 9.17) is 10.9 Å². The quantitative estimate of drug-likeness (QED) is 0.363. The molecule has 0 amide bonds. The molecule has 98 valence electrons. The molecule has 0 radical (unpaired) electrons. The fourth-order valence-electron chi connectivity index (χ4n) is 1.76. The van der Waals surface area contributed by atoms with Crippen molar-refractivity contribution in [2.45, 2.75) is 13.0 Å². The molecule has 2 heterocycles. The van der Waals surface area contributed by atoms with Crippen LogP contribution < -0.4 is 11.3 Å². The van der Waals surface area contributed by atoms with Crippen LogP contribution in [0.4, 0.5) is 0 Å². The number of pyridine rings is 2. The minimum Gasteiger partial charge on any atom is -0.409 e. The Morgan fingerprint density at radius 3 is 2.95 bits per heavy atom. The molecule has 2 aromatic rings. The Morgan fingerprint density at radius 2 is 2.26 bits per heavy atom. The van der Waals surface area contributed by atoms with Gasteiger partial charge in [-0.25, -0.2) is 0 Å². The zero-order valence-electron chi connectivity index (χ0n) is 10.2. The summed E-state index contributed by atoms with van der Waals surface area (Å²) >= 11 is 0. The van der Waals surface area contributed by atoms with Crippen molar-refractivity contribution in [2.24, 2.45) is 10.9 Å². The third-order valence-corrected chi connectivity index (χ3v) is 2.77. The first kappa shape index (κ1) is 12.8. The predicted molar refractivity (Wildman–Crippen MR) is 71.2 cm³/mol. The molecule has 0 aliphatic heterocycles. The van der Waals surface area contributed by atoms with Gasteiger partial charge in [-0.3, -0.25) is 9.78 Å². The lowest BCUT2D eigenvalue weighted by atomic mass is 10.2. The van der Waals surface area contributed by atoms with Crippen LogP contribution in [0.2, 0.25) is 0 Å². The van der Waals surface area contributed by atoms with E-state index in [1.807, 2.05) is 12.1 Å². The zero-order chi connectivity index (χ0) is 13.7. The Labute approximate surface area is 109 Å². The van der Waals surface area contributed by atoms with E-state index in [1.54, 1.807) is 24.7 Å². The number of amidine groups is 1. The zero-order valence-corrected chi connectivity index (χ0v) is 10.2. The van der Waals surface area contributed by atoms with Crippen LogP contribution in [0.25, 0.3) is 0 Å². The van der Waals surface area contributed by atoms with Gasteiger partial charge in [0, 0.05) is 25.1 Å². The molecule has 3 N–H and O–H groups in total. The number of nitrogens with zero attached hydrogens (tertiary/aromatic N) is 3. The molecule has 0 fully saturated rings. The monoisotopic (exact) mass is 258 g/mol. The van der Waals surface area contributed by atoms with E-state index in [1.165, 1.54) is 10.6 Å². The first-order valence-corrected chi connectivity index (χ1v) is 5.78. The second-order valence-corrected chi connectivity index (χ2v) is 4.02. The third-order valence-electron chi connectivity index (χ3n) is 2.77. The third kappa shape index (κ3) is 2.98. The summed E-state index contributed by atoms with van der Waals surface area (Å²) in [5.74, 6) is -0.180. The van der Waals surface area contributed by atoms with Crippen LogP contribution in [0.5, 0.6) is 0 Å². The van der Waals surface area contributed by atoms with Gasteiger partial charge in [0.15, 0.2) is 5.84 Å². The van der Waals surface area contributed by atoms with Crippen molar-refractivity contribution in [1.29, 1.82) is 0 Å². The van der Waals surface area contributed by atoms with Crippen molar-refractivity contribution in [1.82, 2.24) is 9.55 Å². The second-order valence-electron chi connectivity index (χ2n) is 4.02. The summed E-state index contributed by atoms with van der Waals surface area (Å²) in [4.78, 5) is 16.1. The van der Waals surface area contributed by atoms with Crippen molar-refractivity contribution in [3.63, 3.8) is 0 Å². The van der Waals surface area contributed by atoms with Gasteiger partial charge in [-0.05, 0) is 30.2 Å². The Hall–Kier alpha value is -2.63. The number of nitrogens with two attached hydrogens (primary N) is 1. The van der Waals surface area contributed by atoms with E-state index in [9.17, 15) is 4.79 Å². The van der Waals surface area contributed by atoms with E-state index < -0.39 is 0 Å². The molecule has 0 aliphatic carbocycles. The first-order chi connectivity index (χ1) is 9.22. The molecule has 0 aromatic carbocycles. The molecular weight excluding hydrogens is 244 g/mol. The summed E-state index contributed by atoms with van der Waals surface area (Å²) in [7, 11) is 0. The molecule has 19 heavy (non-hydrogen) atoms. The van der Waals surface area contributed by atoms with Gasteiger partial charge in [-0.1, -0.05) is 11.2 Å². The number of aryl methyl sites for hydroxylation is 2. The molecule has 6 nitrogen and oxygen atoms in total. The van der Waals surface area contributed by atoms with Crippen LogP contribution in [0.3, 0.4) is 0 Å². The SMILES string of the molecule is N/C(=N/O)c1cccn(CCc2cccnc2)c1=O. The first-order valence-electron chi connectivity index (χ1n) is 5.78. The van der Waals surface area contributed by atoms with Crippen LogP contribution >= 0.6 is 0 Å². The predicted octanol–water partition coefficient (Wildman–Crippen LogP) is 0.580.